The van der Waals surface area contributed by atoms with Crippen molar-refractivity contribution in [3.05, 3.63) is 35.4 Å². The first kappa shape index (κ1) is 25.7. The van der Waals surface area contributed by atoms with Crippen LogP contribution < -0.4 is 10.6 Å². The second-order valence-corrected chi connectivity index (χ2v) is 8.01. The van der Waals surface area contributed by atoms with Crippen LogP contribution in [0.25, 0.3) is 0 Å². The zero-order valence-corrected chi connectivity index (χ0v) is 20.9. The van der Waals surface area contributed by atoms with Crippen LogP contribution in [-0.4, -0.2) is 60.4 Å². The summed E-state index contributed by atoms with van der Waals surface area (Å²) < 4.78 is 0. The summed E-state index contributed by atoms with van der Waals surface area (Å²) in [4.78, 5) is 20.5. The minimum atomic E-state index is 0. The lowest BCUT2D eigenvalue weighted by atomic mass is 10.1. The molecule has 1 amide bonds. The van der Waals surface area contributed by atoms with Gasteiger partial charge in [0.25, 0.3) is 0 Å². The monoisotopic (exact) mass is 515 g/mol. The van der Waals surface area contributed by atoms with E-state index < -0.39 is 0 Å². The van der Waals surface area contributed by atoms with Crippen molar-refractivity contribution in [3.63, 3.8) is 0 Å². The molecule has 1 fully saturated rings. The molecule has 164 valence electrons. The third kappa shape index (κ3) is 8.50. The highest BCUT2D eigenvalue weighted by molar-refractivity contribution is 14.0. The van der Waals surface area contributed by atoms with Gasteiger partial charge in [-0.2, -0.15) is 0 Å². The molecule has 0 saturated carbocycles. The fraction of sp³-hybridized carbons (Fsp3) is 0.636. The molecule has 0 radical (unpaired) electrons. The van der Waals surface area contributed by atoms with Crippen molar-refractivity contribution >= 4 is 35.8 Å². The molecule has 0 bridgehead atoms. The molecule has 2 N–H and O–H groups in total. The van der Waals surface area contributed by atoms with E-state index in [9.17, 15) is 4.79 Å². The Bertz CT molecular complexity index is 637. The van der Waals surface area contributed by atoms with Gasteiger partial charge < -0.3 is 15.5 Å². The van der Waals surface area contributed by atoms with Crippen LogP contribution in [0.5, 0.6) is 0 Å². The summed E-state index contributed by atoms with van der Waals surface area (Å²) in [6.07, 6.45) is 1.68. The number of nitrogens with zero attached hydrogens (tertiary/aromatic N) is 3. The van der Waals surface area contributed by atoms with E-state index in [0.29, 0.717) is 18.5 Å². The molecule has 0 unspecified atom stereocenters. The highest BCUT2D eigenvalue weighted by Gasteiger charge is 2.19. The summed E-state index contributed by atoms with van der Waals surface area (Å²) in [7, 11) is 1.80. The molecular formula is C22H38IN5O. The second-order valence-electron chi connectivity index (χ2n) is 8.01. The molecule has 7 heteroatoms. The van der Waals surface area contributed by atoms with Crippen molar-refractivity contribution in [2.75, 3.05) is 26.7 Å². The lowest BCUT2D eigenvalue weighted by molar-refractivity contribution is -0.128. The quantitative estimate of drug-likeness (QED) is 0.301. The van der Waals surface area contributed by atoms with E-state index >= 15 is 0 Å². The first-order valence-corrected chi connectivity index (χ1v) is 10.5. The lowest BCUT2D eigenvalue weighted by Crippen LogP contribution is -2.45. The number of rotatable bonds is 9. The summed E-state index contributed by atoms with van der Waals surface area (Å²) in [6.45, 7) is 13.1. The number of nitrogens with one attached hydrogen (secondary N) is 2. The fourth-order valence-corrected chi connectivity index (χ4v) is 3.68. The number of likely N-dealkylation sites (tertiary alicyclic amines) is 1. The van der Waals surface area contributed by atoms with Crippen molar-refractivity contribution in [2.45, 2.75) is 65.7 Å². The van der Waals surface area contributed by atoms with Gasteiger partial charge in [-0.3, -0.25) is 14.7 Å². The molecule has 0 aromatic heterocycles. The van der Waals surface area contributed by atoms with Crippen molar-refractivity contribution < 1.29 is 4.79 Å². The predicted molar refractivity (Wildman–Crippen MR) is 132 cm³/mol. The number of amides is 1. The third-order valence-corrected chi connectivity index (χ3v) is 5.24. The molecule has 1 heterocycles. The van der Waals surface area contributed by atoms with Crippen LogP contribution in [0.1, 0.15) is 51.7 Å². The van der Waals surface area contributed by atoms with Gasteiger partial charge in [-0.25, -0.2) is 0 Å². The first-order valence-electron chi connectivity index (χ1n) is 10.5. The normalized spacial score (nSPS) is 14.7. The Labute approximate surface area is 193 Å². The lowest BCUT2D eigenvalue weighted by Gasteiger charge is -2.30. The zero-order valence-electron chi connectivity index (χ0n) is 18.6. The van der Waals surface area contributed by atoms with E-state index in [4.69, 9.17) is 0 Å². The molecule has 0 aliphatic carbocycles. The summed E-state index contributed by atoms with van der Waals surface area (Å²) in [5, 5.41) is 6.77. The van der Waals surface area contributed by atoms with E-state index in [1.54, 1.807) is 7.05 Å². The summed E-state index contributed by atoms with van der Waals surface area (Å²) in [5.74, 6) is 1.09. The van der Waals surface area contributed by atoms with Gasteiger partial charge in [0.2, 0.25) is 5.91 Å². The minimum absolute atomic E-state index is 0. The highest BCUT2D eigenvalue weighted by atomic mass is 127. The maximum Gasteiger partial charge on any atom is 0.222 e. The third-order valence-electron chi connectivity index (χ3n) is 5.24. The molecule has 6 nitrogen and oxygen atoms in total. The molecule has 2 rings (SSSR count). The number of benzene rings is 1. The minimum Gasteiger partial charge on any atom is -0.355 e. The van der Waals surface area contributed by atoms with Crippen LogP contribution in [0, 0.1) is 0 Å². The van der Waals surface area contributed by atoms with Gasteiger partial charge in [0, 0.05) is 58.3 Å². The average molecular weight is 515 g/mol. The average Bonchev–Trinajstić information content (AvgIpc) is 3.06. The smallest absolute Gasteiger partial charge is 0.222 e. The number of guanidine groups is 1. The largest absolute Gasteiger partial charge is 0.355 e. The number of carbonyl (C=O) groups excluding carboxylic acids is 1. The van der Waals surface area contributed by atoms with Crippen LogP contribution >= 0.6 is 24.0 Å². The maximum absolute atomic E-state index is 11.8. The van der Waals surface area contributed by atoms with Crippen LogP contribution in [0.15, 0.2) is 29.3 Å². The van der Waals surface area contributed by atoms with Crippen molar-refractivity contribution in [3.8, 4) is 0 Å². The Morgan fingerprint density at radius 3 is 2.24 bits per heavy atom. The van der Waals surface area contributed by atoms with Crippen LogP contribution in [0.4, 0.5) is 0 Å². The van der Waals surface area contributed by atoms with E-state index in [2.05, 4.69) is 72.5 Å². The molecule has 0 atom stereocenters. The Hall–Kier alpha value is -1.35. The molecule has 29 heavy (non-hydrogen) atoms. The Balaban J connectivity index is 0.00000420. The van der Waals surface area contributed by atoms with Gasteiger partial charge in [-0.15, -0.1) is 24.0 Å². The molecule has 1 saturated heterocycles. The predicted octanol–water partition coefficient (Wildman–Crippen LogP) is 3.21. The highest BCUT2D eigenvalue weighted by Crippen LogP contribution is 2.14. The second kappa shape index (κ2) is 13.1. The van der Waals surface area contributed by atoms with Gasteiger partial charge in [0.15, 0.2) is 5.96 Å². The maximum atomic E-state index is 11.8. The van der Waals surface area contributed by atoms with E-state index in [1.165, 1.54) is 11.1 Å². The number of halogens is 1. The summed E-state index contributed by atoms with van der Waals surface area (Å²) >= 11 is 0. The molecule has 1 aliphatic heterocycles. The SMILES string of the molecule is CN=C(NCCN(C(C)C)C(C)C)NCc1ccc(CN2CCCC2=O)cc1.I. The Kier molecular flexibility index (Phi) is 11.6. The Morgan fingerprint density at radius 1 is 1.10 bits per heavy atom. The van der Waals surface area contributed by atoms with Crippen LogP contribution in [0.2, 0.25) is 0 Å². The summed E-state index contributed by atoms with van der Waals surface area (Å²) in [5.41, 5.74) is 2.38. The van der Waals surface area contributed by atoms with E-state index in [0.717, 1.165) is 45.1 Å². The number of hydrogen-bond acceptors (Lipinski definition) is 3. The fourth-order valence-electron chi connectivity index (χ4n) is 3.68. The molecular weight excluding hydrogens is 477 g/mol. The van der Waals surface area contributed by atoms with Gasteiger partial charge in [-0.05, 0) is 45.2 Å². The molecule has 1 aromatic carbocycles. The van der Waals surface area contributed by atoms with E-state index in [1.807, 2.05) is 4.90 Å². The topological polar surface area (TPSA) is 60.0 Å². The number of carbonyl (C=O) groups is 1. The van der Waals surface area contributed by atoms with Crippen molar-refractivity contribution in [2.24, 2.45) is 4.99 Å². The standard InChI is InChI=1S/C22H37N5O.HI/c1-17(2)27(18(3)4)14-12-24-22(23-5)25-15-19-8-10-20(11-9-19)16-26-13-6-7-21(26)28;/h8-11,17-18H,6-7,12-16H2,1-5H3,(H2,23,24,25);1H. The zero-order chi connectivity index (χ0) is 20.5. The van der Waals surface area contributed by atoms with Gasteiger partial charge in [-0.1, -0.05) is 24.3 Å². The molecule has 1 aliphatic rings. The summed E-state index contributed by atoms with van der Waals surface area (Å²) in [6, 6.07) is 9.53. The van der Waals surface area contributed by atoms with Crippen LogP contribution in [-0.2, 0) is 17.9 Å². The molecule has 1 aromatic rings. The molecule has 0 spiro atoms. The van der Waals surface area contributed by atoms with Crippen molar-refractivity contribution in [1.82, 2.24) is 20.4 Å². The first-order chi connectivity index (χ1) is 13.4. The number of hydrogen-bond donors (Lipinski definition) is 2. The van der Waals surface area contributed by atoms with E-state index in [-0.39, 0.29) is 29.9 Å². The number of aliphatic imine (C=N–C) groups is 1. The van der Waals surface area contributed by atoms with Gasteiger partial charge in [0.1, 0.15) is 0 Å². The van der Waals surface area contributed by atoms with Gasteiger partial charge in [0.05, 0.1) is 0 Å². The Morgan fingerprint density at radius 2 is 1.72 bits per heavy atom. The van der Waals surface area contributed by atoms with Crippen molar-refractivity contribution in [1.29, 1.82) is 0 Å². The van der Waals surface area contributed by atoms with Crippen LogP contribution in [0.3, 0.4) is 0 Å². The van der Waals surface area contributed by atoms with Gasteiger partial charge >= 0.3 is 0 Å².